The van der Waals surface area contributed by atoms with Crippen molar-refractivity contribution < 1.29 is 9.53 Å². The first-order valence-corrected chi connectivity index (χ1v) is 7.06. The number of hydrogen-bond acceptors (Lipinski definition) is 5. The van der Waals surface area contributed by atoms with Crippen LogP contribution < -0.4 is 5.32 Å². The Morgan fingerprint density at radius 2 is 1.95 bits per heavy atom. The van der Waals surface area contributed by atoms with Crippen molar-refractivity contribution in [2.45, 2.75) is 19.9 Å². The van der Waals surface area contributed by atoms with Gasteiger partial charge in [0, 0.05) is 13.1 Å². The lowest BCUT2D eigenvalue weighted by Gasteiger charge is -2.32. The van der Waals surface area contributed by atoms with Crippen LogP contribution in [0.15, 0.2) is 12.4 Å². The number of carbonyl (C=O) groups excluding carboxylic acids is 1. The standard InChI is InChI=1S/C13H19ClN4O2/c1-9(2)11(12(19)18-3-5-20-6-4-18)17-13-15-7-10(14)8-16-13/h7-9,11H,3-6H2,1-2H3,(H,15,16,17). The molecule has 1 fully saturated rings. The Kier molecular flexibility index (Phi) is 5.14. The second-order valence-corrected chi connectivity index (χ2v) is 5.47. The molecule has 1 N–H and O–H groups in total. The number of rotatable bonds is 4. The summed E-state index contributed by atoms with van der Waals surface area (Å²) in [6.07, 6.45) is 3.01. The number of anilines is 1. The second-order valence-electron chi connectivity index (χ2n) is 5.03. The zero-order chi connectivity index (χ0) is 14.5. The highest BCUT2D eigenvalue weighted by molar-refractivity contribution is 6.30. The number of nitrogens with one attached hydrogen (secondary N) is 1. The normalized spacial score (nSPS) is 17.1. The van der Waals surface area contributed by atoms with Gasteiger partial charge in [-0.15, -0.1) is 0 Å². The van der Waals surface area contributed by atoms with Gasteiger partial charge >= 0.3 is 0 Å². The molecular formula is C13H19ClN4O2. The summed E-state index contributed by atoms with van der Waals surface area (Å²) in [6.45, 7) is 6.43. The van der Waals surface area contributed by atoms with E-state index in [-0.39, 0.29) is 17.9 Å². The molecule has 20 heavy (non-hydrogen) atoms. The Hall–Kier alpha value is -1.40. The summed E-state index contributed by atoms with van der Waals surface area (Å²) in [5, 5.41) is 3.56. The molecule has 1 aliphatic heterocycles. The summed E-state index contributed by atoms with van der Waals surface area (Å²) in [4.78, 5) is 22.5. The third-order valence-corrected chi connectivity index (χ3v) is 3.36. The molecule has 0 aromatic carbocycles. The predicted molar refractivity (Wildman–Crippen MR) is 76.7 cm³/mol. The van der Waals surface area contributed by atoms with Gasteiger partial charge in [0.1, 0.15) is 6.04 Å². The highest BCUT2D eigenvalue weighted by Gasteiger charge is 2.28. The van der Waals surface area contributed by atoms with Crippen molar-refractivity contribution in [1.29, 1.82) is 0 Å². The van der Waals surface area contributed by atoms with Gasteiger partial charge in [-0.2, -0.15) is 0 Å². The van der Waals surface area contributed by atoms with Crippen molar-refractivity contribution in [3.05, 3.63) is 17.4 Å². The van der Waals surface area contributed by atoms with Crippen molar-refractivity contribution in [3.8, 4) is 0 Å². The first kappa shape index (κ1) is 15.0. The van der Waals surface area contributed by atoms with Crippen molar-refractivity contribution >= 4 is 23.5 Å². The average Bonchev–Trinajstić information content (AvgIpc) is 2.46. The SMILES string of the molecule is CC(C)C(Nc1ncc(Cl)cn1)C(=O)N1CCOCC1. The lowest BCUT2D eigenvalue weighted by Crippen LogP contribution is -2.50. The van der Waals surface area contributed by atoms with Crippen LogP contribution in [0.5, 0.6) is 0 Å². The molecule has 6 nitrogen and oxygen atoms in total. The number of carbonyl (C=O) groups is 1. The number of morpholine rings is 1. The van der Waals surface area contributed by atoms with Crippen molar-refractivity contribution in [3.63, 3.8) is 0 Å². The van der Waals surface area contributed by atoms with Gasteiger partial charge in [0.2, 0.25) is 11.9 Å². The highest BCUT2D eigenvalue weighted by atomic mass is 35.5. The maximum atomic E-state index is 12.5. The van der Waals surface area contributed by atoms with Crippen LogP contribution in [0.25, 0.3) is 0 Å². The number of hydrogen-bond donors (Lipinski definition) is 1. The minimum atomic E-state index is -0.353. The molecule has 0 saturated carbocycles. The fraction of sp³-hybridized carbons (Fsp3) is 0.615. The van der Waals surface area contributed by atoms with Gasteiger partial charge in [-0.25, -0.2) is 9.97 Å². The van der Waals surface area contributed by atoms with Crippen LogP contribution in [0.2, 0.25) is 5.02 Å². The van der Waals surface area contributed by atoms with E-state index in [1.54, 1.807) is 0 Å². The number of amides is 1. The number of halogens is 1. The molecule has 0 spiro atoms. The van der Waals surface area contributed by atoms with Crippen molar-refractivity contribution in [2.24, 2.45) is 5.92 Å². The van der Waals surface area contributed by atoms with Gasteiger partial charge in [0.15, 0.2) is 0 Å². The Balaban J connectivity index is 2.06. The third kappa shape index (κ3) is 3.80. The van der Waals surface area contributed by atoms with E-state index >= 15 is 0 Å². The van der Waals surface area contributed by atoms with Gasteiger partial charge < -0.3 is 15.0 Å². The van der Waals surface area contributed by atoms with Crippen molar-refractivity contribution in [2.75, 3.05) is 31.6 Å². The molecule has 110 valence electrons. The van der Waals surface area contributed by atoms with E-state index in [1.165, 1.54) is 12.4 Å². The summed E-state index contributed by atoms with van der Waals surface area (Å²) in [7, 11) is 0. The zero-order valence-electron chi connectivity index (χ0n) is 11.7. The summed E-state index contributed by atoms with van der Waals surface area (Å²) < 4.78 is 5.27. The molecule has 2 rings (SSSR count). The number of aromatic nitrogens is 2. The zero-order valence-corrected chi connectivity index (χ0v) is 12.4. The van der Waals surface area contributed by atoms with E-state index in [0.29, 0.717) is 37.3 Å². The summed E-state index contributed by atoms with van der Waals surface area (Å²) in [5.41, 5.74) is 0. The maximum Gasteiger partial charge on any atom is 0.245 e. The van der Waals surface area contributed by atoms with Gasteiger partial charge in [0.05, 0.1) is 30.6 Å². The van der Waals surface area contributed by atoms with Crippen LogP contribution >= 0.6 is 11.6 Å². The van der Waals surface area contributed by atoms with Gasteiger partial charge in [-0.3, -0.25) is 4.79 Å². The van der Waals surface area contributed by atoms with Crippen LogP contribution in [0.1, 0.15) is 13.8 Å². The topological polar surface area (TPSA) is 67.4 Å². The molecule has 1 atom stereocenters. The van der Waals surface area contributed by atoms with Gasteiger partial charge in [-0.05, 0) is 5.92 Å². The third-order valence-electron chi connectivity index (χ3n) is 3.16. The fourth-order valence-electron chi connectivity index (χ4n) is 2.02. The molecule has 0 aliphatic carbocycles. The predicted octanol–water partition coefficient (Wildman–Crippen LogP) is 1.43. The van der Waals surface area contributed by atoms with Crippen LogP contribution in [0, 0.1) is 5.92 Å². The Morgan fingerprint density at radius 1 is 1.35 bits per heavy atom. The van der Waals surface area contributed by atoms with Crippen molar-refractivity contribution in [1.82, 2.24) is 14.9 Å². The maximum absolute atomic E-state index is 12.5. The molecule has 1 unspecified atom stereocenters. The lowest BCUT2D eigenvalue weighted by atomic mass is 10.0. The Morgan fingerprint density at radius 3 is 2.50 bits per heavy atom. The van der Waals surface area contributed by atoms with E-state index in [0.717, 1.165) is 0 Å². The van der Waals surface area contributed by atoms with E-state index in [1.807, 2.05) is 18.7 Å². The van der Waals surface area contributed by atoms with E-state index < -0.39 is 0 Å². The summed E-state index contributed by atoms with van der Waals surface area (Å²) in [5.74, 6) is 0.598. The van der Waals surface area contributed by atoms with Crippen LogP contribution in [0.3, 0.4) is 0 Å². The Labute approximate surface area is 123 Å². The molecule has 1 aliphatic rings. The molecule has 7 heteroatoms. The number of ether oxygens (including phenoxy) is 1. The lowest BCUT2D eigenvalue weighted by molar-refractivity contribution is -0.137. The molecular weight excluding hydrogens is 280 g/mol. The smallest absolute Gasteiger partial charge is 0.245 e. The van der Waals surface area contributed by atoms with Gasteiger partial charge in [0.25, 0.3) is 0 Å². The molecule has 0 radical (unpaired) electrons. The van der Waals surface area contributed by atoms with Crippen LogP contribution in [-0.2, 0) is 9.53 Å². The Bertz CT molecular complexity index is 446. The van der Waals surface area contributed by atoms with E-state index in [9.17, 15) is 4.79 Å². The molecule has 1 amide bonds. The van der Waals surface area contributed by atoms with E-state index in [4.69, 9.17) is 16.3 Å². The molecule has 1 saturated heterocycles. The largest absolute Gasteiger partial charge is 0.378 e. The monoisotopic (exact) mass is 298 g/mol. The quantitative estimate of drug-likeness (QED) is 0.911. The highest BCUT2D eigenvalue weighted by Crippen LogP contribution is 2.14. The second kappa shape index (κ2) is 6.85. The minimum absolute atomic E-state index is 0.0573. The van der Waals surface area contributed by atoms with Gasteiger partial charge in [-0.1, -0.05) is 25.4 Å². The number of nitrogens with zero attached hydrogens (tertiary/aromatic N) is 3. The fourth-order valence-corrected chi connectivity index (χ4v) is 2.12. The first-order valence-electron chi connectivity index (χ1n) is 6.68. The molecule has 0 bridgehead atoms. The van der Waals surface area contributed by atoms with Crippen LogP contribution in [0.4, 0.5) is 5.95 Å². The molecule has 2 heterocycles. The minimum Gasteiger partial charge on any atom is -0.378 e. The van der Waals surface area contributed by atoms with E-state index in [2.05, 4.69) is 15.3 Å². The molecule has 1 aromatic rings. The molecule has 1 aromatic heterocycles. The first-order chi connectivity index (χ1) is 9.58. The average molecular weight is 299 g/mol. The summed E-state index contributed by atoms with van der Waals surface area (Å²) >= 11 is 5.75. The van der Waals surface area contributed by atoms with Crippen LogP contribution in [-0.4, -0.2) is 53.1 Å². The summed E-state index contributed by atoms with van der Waals surface area (Å²) in [6, 6.07) is -0.353.